The van der Waals surface area contributed by atoms with Gasteiger partial charge in [-0.25, -0.2) is 8.42 Å². The largest absolute Gasteiger partial charge is 0.381 e. The Morgan fingerprint density at radius 3 is 2.35 bits per heavy atom. The van der Waals surface area contributed by atoms with Gasteiger partial charge in [-0.2, -0.15) is 0 Å². The van der Waals surface area contributed by atoms with E-state index in [9.17, 15) is 8.42 Å². The van der Waals surface area contributed by atoms with E-state index in [0.717, 1.165) is 25.0 Å². The predicted octanol–water partition coefficient (Wildman–Crippen LogP) is 4.08. The molecule has 0 aromatic heterocycles. The summed E-state index contributed by atoms with van der Waals surface area (Å²) >= 11 is 0. The number of hydrogen-bond acceptors (Lipinski definition) is 3. The van der Waals surface area contributed by atoms with Crippen LogP contribution in [0.5, 0.6) is 0 Å². The van der Waals surface area contributed by atoms with Crippen molar-refractivity contribution in [3.63, 3.8) is 0 Å². The second-order valence-electron chi connectivity index (χ2n) is 7.21. The summed E-state index contributed by atoms with van der Waals surface area (Å²) in [6.07, 6.45) is 8.51. The fraction of sp³-hybridized carbons (Fsp3) is 0.684. The van der Waals surface area contributed by atoms with E-state index in [4.69, 9.17) is 4.74 Å². The van der Waals surface area contributed by atoms with Crippen LogP contribution in [0.4, 0.5) is 0 Å². The van der Waals surface area contributed by atoms with Crippen molar-refractivity contribution in [3.05, 3.63) is 35.4 Å². The lowest BCUT2D eigenvalue weighted by Gasteiger charge is -2.22. The van der Waals surface area contributed by atoms with Gasteiger partial charge in [0.1, 0.15) is 0 Å². The van der Waals surface area contributed by atoms with Crippen molar-refractivity contribution in [2.24, 2.45) is 5.92 Å². The van der Waals surface area contributed by atoms with E-state index in [1.165, 1.54) is 37.7 Å². The number of rotatable bonds is 5. The first-order chi connectivity index (χ1) is 11.1. The summed E-state index contributed by atoms with van der Waals surface area (Å²) in [7, 11) is -3.05. The van der Waals surface area contributed by atoms with Crippen LogP contribution >= 0.6 is 0 Å². The smallest absolute Gasteiger partial charge is 0.154 e. The Kier molecular flexibility index (Phi) is 5.76. The van der Waals surface area contributed by atoms with Gasteiger partial charge >= 0.3 is 0 Å². The van der Waals surface area contributed by atoms with Gasteiger partial charge in [0.15, 0.2) is 9.84 Å². The SMILES string of the molecule is O=S(=O)(Cc1ccc(C2CCCCC2)cc1)CC1CCCOC1. The molecule has 0 spiro atoms. The molecule has 1 saturated carbocycles. The Morgan fingerprint density at radius 2 is 1.70 bits per heavy atom. The zero-order valence-electron chi connectivity index (χ0n) is 13.9. The summed E-state index contributed by atoms with van der Waals surface area (Å²) in [5.41, 5.74) is 2.30. The Labute approximate surface area is 140 Å². The Hall–Kier alpha value is -0.870. The molecule has 128 valence electrons. The number of ether oxygens (including phenoxy) is 1. The Morgan fingerprint density at radius 1 is 0.957 bits per heavy atom. The highest BCUT2D eigenvalue weighted by molar-refractivity contribution is 7.90. The molecule has 0 N–H and O–H groups in total. The second-order valence-corrected chi connectivity index (χ2v) is 9.32. The van der Waals surface area contributed by atoms with E-state index in [-0.39, 0.29) is 17.4 Å². The van der Waals surface area contributed by atoms with Crippen molar-refractivity contribution in [2.45, 2.75) is 56.6 Å². The Bertz CT molecular complexity index is 580. The first-order valence-corrected chi connectivity index (χ1v) is 10.8. The molecular weight excluding hydrogens is 308 g/mol. The summed E-state index contributed by atoms with van der Waals surface area (Å²) in [5.74, 6) is 1.27. The maximum atomic E-state index is 12.4. The molecule has 1 saturated heterocycles. The molecule has 2 fully saturated rings. The van der Waals surface area contributed by atoms with E-state index < -0.39 is 9.84 Å². The molecule has 1 aliphatic carbocycles. The molecule has 23 heavy (non-hydrogen) atoms. The van der Waals surface area contributed by atoms with Crippen LogP contribution in [0.25, 0.3) is 0 Å². The van der Waals surface area contributed by atoms with Crippen molar-refractivity contribution in [1.82, 2.24) is 0 Å². The van der Waals surface area contributed by atoms with Crippen LogP contribution < -0.4 is 0 Å². The highest BCUT2D eigenvalue weighted by atomic mass is 32.2. The molecule has 0 amide bonds. The molecule has 1 heterocycles. The predicted molar refractivity (Wildman–Crippen MR) is 93.3 cm³/mol. The minimum absolute atomic E-state index is 0.161. The summed E-state index contributed by atoms with van der Waals surface area (Å²) in [5, 5.41) is 0. The first-order valence-electron chi connectivity index (χ1n) is 8.99. The average molecular weight is 336 g/mol. The maximum absolute atomic E-state index is 12.4. The summed E-state index contributed by atoms with van der Waals surface area (Å²) in [6, 6.07) is 8.31. The van der Waals surface area contributed by atoms with E-state index in [2.05, 4.69) is 12.1 Å². The van der Waals surface area contributed by atoms with Gasteiger partial charge in [0.05, 0.1) is 18.1 Å². The van der Waals surface area contributed by atoms with Gasteiger partial charge < -0.3 is 4.74 Å². The lowest BCUT2D eigenvalue weighted by atomic mass is 9.84. The molecule has 1 aliphatic heterocycles. The molecule has 3 rings (SSSR count). The fourth-order valence-electron chi connectivity index (χ4n) is 3.93. The zero-order chi connectivity index (χ0) is 16.1. The lowest BCUT2D eigenvalue weighted by Crippen LogP contribution is -2.25. The van der Waals surface area contributed by atoms with E-state index in [1.807, 2.05) is 12.1 Å². The highest BCUT2D eigenvalue weighted by Crippen LogP contribution is 2.32. The van der Waals surface area contributed by atoms with Crippen molar-refractivity contribution in [2.75, 3.05) is 19.0 Å². The van der Waals surface area contributed by atoms with E-state index in [0.29, 0.717) is 12.5 Å². The normalized spacial score (nSPS) is 23.7. The topological polar surface area (TPSA) is 43.4 Å². The van der Waals surface area contributed by atoms with Crippen LogP contribution in [0, 0.1) is 5.92 Å². The van der Waals surface area contributed by atoms with Crippen LogP contribution in [0.3, 0.4) is 0 Å². The first kappa shape index (κ1) is 17.0. The molecule has 1 unspecified atom stereocenters. The van der Waals surface area contributed by atoms with E-state index >= 15 is 0 Å². The van der Waals surface area contributed by atoms with Gasteiger partial charge in [0, 0.05) is 6.61 Å². The van der Waals surface area contributed by atoms with Crippen LogP contribution in [0.2, 0.25) is 0 Å². The fourth-order valence-corrected chi connectivity index (χ4v) is 5.73. The second kappa shape index (κ2) is 7.80. The molecule has 1 aromatic rings. The third-order valence-electron chi connectivity index (χ3n) is 5.19. The Balaban J connectivity index is 1.58. The molecule has 3 nitrogen and oxygen atoms in total. The third-order valence-corrected chi connectivity index (χ3v) is 6.94. The van der Waals surface area contributed by atoms with Crippen molar-refractivity contribution < 1.29 is 13.2 Å². The van der Waals surface area contributed by atoms with Gasteiger partial charge in [-0.1, -0.05) is 43.5 Å². The van der Waals surface area contributed by atoms with Crippen LogP contribution in [0.1, 0.15) is 62.0 Å². The van der Waals surface area contributed by atoms with Crippen molar-refractivity contribution in [1.29, 1.82) is 0 Å². The van der Waals surface area contributed by atoms with Gasteiger partial charge in [-0.3, -0.25) is 0 Å². The number of benzene rings is 1. The minimum atomic E-state index is -3.05. The van der Waals surface area contributed by atoms with Gasteiger partial charge in [-0.15, -0.1) is 0 Å². The lowest BCUT2D eigenvalue weighted by molar-refractivity contribution is 0.0626. The summed E-state index contributed by atoms with van der Waals surface area (Å²) in [4.78, 5) is 0. The maximum Gasteiger partial charge on any atom is 0.154 e. The van der Waals surface area contributed by atoms with Gasteiger partial charge in [0.25, 0.3) is 0 Å². The van der Waals surface area contributed by atoms with Crippen LogP contribution in [-0.4, -0.2) is 27.4 Å². The summed E-state index contributed by atoms with van der Waals surface area (Å²) in [6.45, 7) is 1.37. The standard InChI is InChI=1S/C19H28O3S/c20-23(21,15-17-5-4-12-22-13-17)14-16-8-10-19(11-9-16)18-6-2-1-3-7-18/h8-11,17-18H,1-7,12-15H2. The molecule has 4 heteroatoms. The van der Waals surface area contributed by atoms with Gasteiger partial charge in [-0.05, 0) is 48.6 Å². The minimum Gasteiger partial charge on any atom is -0.381 e. The molecular formula is C19H28O3S. The summed E-state index contributed by atoms with van der Waals surface area (Å²) < 4.78 is 30.2. The quantitative estimate of drug-likeness (QED) is 0.814. The molecule has 2 aliphatic rings. The highest BCUT2D eigenvalue weighted by Gasteiger charge is 2.22. The molecule has 0 bridgehead atoms. The molecule has 1 aromatic carbocycles. The monoisotopic (exact) mass is 336 g/mol. The number of sulfone groups is 1. The average Bonchev–Trinajstić information content (AvgIpc) is 2.56. The van der Waals surface area contributed by atoms with Crippen LogP contribution in [0.15, 0.2) is 24.3 Å². The van der Waals surface area contributed by atoms with E-state index in [1.54, 1.807) is 0 Å². The number of hydrogen-bond donors (Lipinski definition) is 0. The van der Waals surface area contributed by atoms with Gasteiger partial charge in [0.2, 0.25) is 0 Å². The molecule has 1 atom stereocenters. The van der Waals surface area contributed by atoms with Crippen molar-refractivity contribution in [3.8, 4) is 0 Å². The third kappa shape index (κ3) is 5.05. The van der Waals surface area contributed by atoms with Crippen LogP contribution in [-0.2, 0) is 20.3 Å². The van der Waals surface area contributed by atoms with Crippen molar-refractivity contribution >= 4 is 9.84 Å². The zero-order valence-corrected chi connectivity index (χ0v) is 14.7. The molecule has 0 radical (unpaired) electrons.